The van der Waals surface area contributed by atoms with Crippen LogP contribution >= 0.6 is 0 Å². The molecule has 0 spiro atoms. The van der Waals surface area contributed by atoms with Gasteiger partial charge in [0.15, 0.2) is 11.6 Å². The molecule has 1 N–H and O–H groups in total. The summed E-state index contributed by atoms with van der Waals surface area (Å²) < 4.78 is 27.6. The van der Waals surface area contributed by atoms with Crippen LogP contribution in [-0.4, -0.2) is 53.9 Å². The maximum Gasteiger partial charge on any atom is 0.439 e. The van der Waals surface area contributed by atoms with E-state index in [0.29, 0.717) is 41.9 Å². The molecule has 0 saturated heterocycles. The first-order chi connectivity index (χ1) is 17.5. The Hall–Kier alpha value is -3.89. The molecule has 0 aliphatic carbocycles. The highest BCUT2D eigenvalue weighted by Gasteiger charge is 2.20. The average molecular weight is 495 g/mol. The molecule has 0 aliphatic rings. The average Bonchev–Trinajstić information content (AvgIpc) is 3.51. The molecule has 0 saturated carbocycles. The van der Waals surface area contributed by atoms with Crippen LogP contribution in [-0.2, 0) is 17.9 Å². The first kappa shape index (κ1) is 25.2. The Kier molecular flexibility index (Phi) is 8.19. The van der Waals surface area contributed by atoms with Crippen LogP contribution in [0.25, 0.3) is 22.8 Å². The number of rotatable bonds is 12. The third-order valence-electron chi connectivity index (χ3n) is 5.82. The van der Waals surface area contributed by atoms with Crippen LogP contribution < -0.4 is 15.2 Å². The standard InChI is InChI=1S/C26H30N4O6/c1-5-30(13-14-32-3)15-20-22(35-25(27-20)18-9-11-19(33-4)12-10-18)16-34-21-8-6-7-17(2)23(21)24-28-26(31)36-29-24/h6-12H,5,13-16H2,1-4H3,(H,28,29,31). The fourth-order valence-electron chi connectivity index (χ4n) is 3.80. The predicted molar refractivity (Wildman–Crippen MR) is 133 cm³/mol. The van der Waals surface area contributed by atoms with E-state index in [4.69, 9.17) is 28.1 Å². The van der Waals surface area contributed by atoms with Crippen molar-refractivity contribution in [3.8, 4) is 34.3 Å². The van der Waals surface area contributed by atoms with Crippen LogP contribution in [0, 0.1) is 6.92 Å². The van der Waals surface area contributed by atoms with Gasteiger partial charge in [-0.25, -0.2) is 9.78 Å². The summed E-state index contributed by atoms with van der Waals surface area (Å²) in [6.45, 7) is 6.93. The van der Waals surface area contributed by atoms with E-state index in [9.17, 15) is 4.79 Å². The second kappa shape index (κ2) is 11.7. The Morgan fingerprint density at radius 1 is 1.11 bits per heavy atom. The summed E-state index contributed by atoms with van der Waals surface area (Å²) in [5.41, 5.74) is 3.14. The summed E-state index contributed by atoms with van der Waals surface area (Å²) in [7, 11) is 3.31. The molecule has 2 heterocycles. The van der Waals surface area contributed by atoms with E-state index < -0.39 is 5.76 Å². The van der Waals surface area contributed by atoms with Crippen molar-refractivity contribution in [1.29, 1.82) is 0 Å². The van der Waals surface area contributed by atoms with Crippen LogP contribution in [0.5, 0.6) is 11.5 Å². The zero-order valence-corrected chi connectivity index (χ0v) is 20.9. The topological polar surface area (TPSA) is 116 Å². The summed E-state index contributed by atoms with van der Waals surface area (Å²) in [5, 5.41) is 3.83. The number of ether oxygens (including phenoxy) is 3. The Balaban J connectivity index is 1.64. The van der Waals surface area contributed by atoms with Crippen molar-refractivity contribution in [2.45, 2.75) is 27.0 Å². The first-order valence-corrected chi connectivity index (χ1v) is 11.7. The lowest BCUT2D eigenvalue weighted by Crippen LogP contribution is -2.27. The predicted octanol–water partition coefficient (Wildman–Crippen LogP) is 4.05. The Bertz CT molecular complexity index is 1320. The first-order valence-electron chi connectivity index (χ1n) is 11.7. The minimum absolute atomic E-state index is 0.138. The molecule has 0 unspecified atom stereocenters. The zero-order chi connectivity index (χ0) is 25.5. The third-order valence-corrected chi connectivity index (χ3v) is 5.82. The smallest absolute Gasteiger partial charge is 0.439 e. The molecule has 36 heavy (non-hydrogen) atoms. The van der Waals surface area contributed by atoms with Gasteiger partial charge in [0.2, 0.25) is 5.89 Å². The van der Waals surface area contributed by atoms with Crippen LogP contribution in [0.15, 0.2) is 56.2 Å². The van der Waals surface area contributed by atoms with Gasteiger partial charge in [-0.2, -0.15) is 0 Å². The number of nitrogens with zero attached hydrogens (tertiary/aromatic N) is 3. The van der Waals surface area contributed by atoms with E-state index >= 15 is 0 Å². The van der Waals surface area contributed by atoms with Crippen LogP contribution in [0.4, 0.5) is 0 Å². The molecular weight excluding hydrogens is 464 g/mol. The second-order valence-corrected chi connectivity index (χ2v) is 8.16. The van der Waals surface area contributed by atoms with Gasteiger partial charge in [0.1, 0.15) is 23.8 Å². The molecule has 0 atom stereocenters. The Morgan fingerprint density at radius 3 is 2.58 bits per heavy atom. The van der Waals surface area contributed by atoms with Gasteiger partial charge in [-0.05, 0) is 49.4 Å². The van der Waals surface area contributed by atoms with Crippen molar-refractivity contribution in [1.82, 2.24) is 20.0 Å². The van der Waals surface area contributed by atoms with Crippen LogP contribution in [0.1, 0.15) is 23.9 Å². The lowest BCUT2D eigenvalue weighted by atomic mass is 10.1. The molecule has 2 aromatic carbocycles. The van der Waals surface area contributed by atoms with E-state index in [-0.39, 0.29) is 6.61 Å². The van der Waals surface area contributed by atoms with E-state index in [1.54, 1.807) is 14.2 Å². The van der Waals surface area contributed by atoms with Gasteiger partial charge in [-0.3, -0.25) is 14.4 Å². The fraction of sp³-hybridized carbons (Fsp3) is 0.346. The molecule has 2 aromatic heterocycles. The van der Waals surface area contributed by atoms with Gasteiger partial charge in [0.25, 0.3) is 0 Å². The normalized spacial score (nSPS) is 11.2. The van der Waals surface area contributed by atoms with E-state index in [2.05, 4.69) is 22.0 Å². The number of likely N-dealkylation sites (N-methyl/N-ethyl adjacent to an activating group) is 1. The molecule has 4 rings (SSSR count). The number of aromatic amines is 1. The van der Waals surface area contributed by atoms with Gasteiger partial charge >= 0.3 is 5.76 Å². The van der Waals surface area contributed by atoms with Gasteiger partial charge in [-0.1, -0.05) is 24.2 Å². The number of benzene rings is 2. The SMILES string of the molecule is CCN(CCOC)Cc1nc(-c2ccc(OC)cc2)oc1COc1cccc(C)c1-c1noc(=O)[nH]1. The Labute approximate surface area is 208 Å². The lowest BCUT2D eigenvalue weighted by Gasteiger charge is -2.19. The van der Waals surface area contributed by atoms with Gasteiger partial charge < -0.3 is 18.6 Å². The molecule has 0 aliphatic heterocycles. The van der Waals surface area contributed by atoms with Crippen molar-refractivity contribution in [2.24, 2.45) is 0 Å². The number of oxazole rings is 1. The second-order valence-electron chi connectivity index (χ2n) is 8.16. The van der Waals surface area contributed by atoms with Crippen molar-refractivity contribution in [3.05, 3.63) is 70.0 Å². The highest BCUT2D eigenvalue weighted by Crippen LogP contribution is 2.32. The van der Waals surface area contributed by atoms with Gasteiger partial charge in [0, 0.05) is 25.8 Å². The number of aryl methyl sites for hydroxylation is 1. The van der Waals surface area contributed by atoms with Gasteiger partial charge in [0.05, 0.1) is 19.3 Å². The molecule has 4 aromatic rings. The van der Waals surface area contributed by atoms with E-state index in [0.717, 1.165) is 35.7 Å². The van der Waals surface area contributed by atoms with Crippen molar-refractivity contribution in [3.63, 3.8) is 0 Å². The van der Waals surface area contributed by atoms with Gasteiger partial charge in [-0.15, -0.1) is 0 Å². The third kappa shape index (κ3) is 5.84. The summed E-state index contributed by atoms with van der Waals surface area (Å²) >= 11 is 0. The summed E-state index contributed by atoms with van der Waals surface area (Å²) in [6, 6.07) is 13.1. The number of hydrogen-bond acceptors (Lipinski definition) is 9. The Morgan fingerprint density at radius 2 is 1.92 bits per heavy atom. The molecule has 0 radical (unpaired) electrons. The van der Waals surface area contributed by atoms with Crippen LogP contribution in [0.3, 0.4) is 0 Å². The minimum atomic E-state index is -0.628. The van der Waals surface area contributed by atoms with Crippen LogP contribution in [0.2, 0.25) is 0 Å². The molecule has 0 amide bonds. The number of hydrogen-bond donors (Lipinski definition) is 1. The molecule has 10 nitrogen and oxygen atoms in total. The maximum atomic E-state index is 11.5. The van der Waals surface area contributed by atoms with E-state index in [1.165, 1.54) is 0 Å². The van der Waals surface area contributed by atoms with Crippen molar-refractivity contribution in [2.75, 3.05) is 33.9 Å². The maximum absolute atomic E-state index is 11.5. The number of methoxy groups -OCH3 is 2. The monoisotopic (exact) mass is 494 g/mol. The highest BCUT2D eigenvalue weighted by atomic mass is 16.5. The fourth-order valence-corrected chi connectivity index (χ4v) is 3.80. The van der Waals surface area contributed by atoms with Crippen molar-refractivity contribution >= 4 is 0 Å². The summed E-state index contributed by atoms with van der Waals surface area (Å²) in [6.07, 6.45) is 0. The number of aromatic nitrogens is 3. The van der Waals surface area contributed by atoms with Crippen molar-refractivity contribution < 1.29 is 23.2 Å². The van der Waals surface area contributed by atoms with E-state index in [1.807, 2.05) is 49.4 Å². The zero-order valence-electron chi connectivity index (χ0n) is 20.9. The largest absolute Gasteiger partial charge is 0.497 e. The molecular formula is C26H30N4O6. The number of H-pyrrole nitrogens is 1. The molecule has 10 heteroatoms. The summed E-state index contributed by atoms with van der Waals surface area (Å²) in [5.74, 6) is 2.08. The highest BCUT2D eigenvalue weighted by molar-refractivity contribution is 5.67. The summed E-state index contributed by atoms with van der Waals surface area (Å²) in [4.78, 5) is 21.1. The quantitative estimate of drug-likeness (QED) is 0.311. The number of nitrogens with one attached hydrogen (secondary N) is 1. The molecule has 0 bridgehead atoms. The minimum Gasteiger partial charge on any atom is -0.497 e. The molecule has 0 fully saturated rings. The molecule has 190 valence electrons. The lowest BCUT2D eigenvalue weighted by molar-refractivity contribution is 0.146.